The van der Waals surface area contributed by atoms with Gasteiger partial charge in [0.25, 0.3) is 0 Å². The van der Waals surface area contributed by atoms with Gasteiger partial charge in [-0.2, -0.15) is 0 Å². The molecule has 0 heterocycles. The number of benzene rings is 2. The first-order valence-corrected chi connectivity index (χ1v) is 9.72. The largest absolute Gasteiger partial charge is 0.493 e. The number of carbonyl (C=O) groups excluding carboxylic acids is 1. The van der Waals surface area contributed by atoms with E-state index in [9.17, 15) is 4.79 Å². The Balaban J connectivity index is 2.11. The third kappa shape index (κ3) is 6.98. The highest BCUT2D eigenvalue weighted by molar-refractivity contribution is 5.92. The second-order valence-corrected chi connectivity index (χ2v) is 7.20. The number of rotatable bonds is 11. The Morgan fingerprint density at radius 3 is 2.46 bits per heavy atom. The Morgan fingerprint density at radius 1 is 1.04 bits per heavy atom. The van der Waals surface area contributed by atoms with Crippen molar-refractivity contribution >= 4 is 5.97 Å². The quantitative estimate of drug-likeness (QED) is 0.468. The first-order chi connectivity index (χ1) is 13.5. The number of ether oxygens (including phenoxy) is 3. The summed E-state index contributed by atoms with van der Waals surface area (Å²) < 4.78 is 16.4. The standard InChI is InChI=1S/C23H31NO4/c1-17(2)21(24)14-19-10-11-20(22(15-19)27-13-7-12-26-3)23(25)28-16-18-8-5-4-6-9-18/h4-6,8-11,15,17,21H,7,12-14,16,24H2,1-3H3. The molecule has 5 nitrogen and oxygen atoms in total. The van der Waals surface area contributed by atoms with Gasteiger partial charge >= 0.3 is 5.97 Å². The van der Waals surface area contributed by atoms with E-state index in [2.05, 4.69) is 13.8 Å². The van der Waals surface area contributed by atoms with Crippen molar-refractivity contribution in [2.75, 3.05) is 20.3 Å². The fourth-order valence-corrected chi connectivity index (χ4v) is 2.68. The van der Waals surface area contributed by atoms with Crippen LogP contribution < -0.4 is 10.5 Å². The van der Waals surface area contributed by atoms with E-state index in [1.807, 2.05) is 42.5 Å². The van der Waals surface area contributed by atoms with Gasteiger partial charge in [0.05, 0.1) is 6.61 Å². The topological polar surface area (TPSA) is 70.8 Å². The Morgan fingerprint density at radius 2 is 1.79 bits per heavy atom. The maximum atomic E-state index is 12.6. The van der Waals surface area contributed by atoms with Crippen LogP contribution >= 0.6 is 0 Å². The van der Waals surface area contributed by atoms with Crippen LogP contribution in [0.1, 0.15) is 41.8 Å². The van der Waals surface area contributed by atoms with E-state index in [1.165, 1.54) is 0 Å². The second kappa shape index (κ2) is 11.5. The van der Waals surface area contributed by atoms with Crippen LogP contribution in [0.15, 0.2) is 48.5 Å². The van der Waals surface area contributed by atoms with Gasteiger partial charge in [0.2, 0.25) is 0 Å². The van der Waals surface area contributed by atoms with Crippen LogP contribution in [-0.2, 0) is 22.5 Å². The van der Waals surface area contributed by atoms with E-state index < -0.39 is 5.97 Å². The molecule has 0 fully saturated rings. The van der Waals surface area contributed by atoms with Crippen LogP contribution in [0, 0.1) is 5.92 Å². The minimum atomic E-state index is -0.398. The van der Waals surface area contributed by atoms with Crippen molar-refractivity contribution in [3.05, 3.63) is 65.2 Å². The molecule has 0 bridgehead atoms. The van der Waals surface area contributed by atoms with E-state index in [0.717, 1.165) is 24.0 Å². The van der Waals surface area contributed by atoms with Gasteiger partial charge in [-0.3, -0.25) is 0 Å². The summed E-state index contributed by atoms with van der Waals surface area (Å²) >= 11 is 0. The first-order valence-electron chi connectivity index (χ1n) is 9.72. The lowest BCUT2D eigenvalue weighted by Gasteiger charge is -2.17. The maximum absolute atomic E-state index is 12.6. The van der Waals surface area contributed by atoms with E-state index >= 15 is 0 Å². The van der Waals surface area contributed by atoms with Crippen molar-refractivity contribution < 1.29 is 19.0 Å². The zero-order valence-electron chi connectivity index (χ0n) is 17.0. The molecule has 5 heteroatoms. The molecule has 2 rings (SSSR count). The number of nitrogens with two attached hydrogens (primary N) is 1. The zero-order chi connectivity index (χ0) is 20.4. The van der Waals surface area contributed by atoms with Gasteiger partial charge in [-0.15, -0.1) is 0 Å². The van der Waals surface area contributed by atoms with Crippen molar-refractivity contribution in [1.29, 1.82) is 0 Å². The fraction of sp³-hybridized carbons (Fsp3) is 0.435. The number of hydrogen-bond donors (Lipinski definition) is 1. The third-order valence-electron chi connectivity index (χ3n) is 4.56. The molecule has 0 saturated carbocycles. The SMILES string of the molecule is COCCCOc1cc(CC(N)C(C)C)ccc1C(=O)OCc1ccccc1. The Hall–Kier alpha value is -2.37. The predicted octanol–water partition coefficient (Wildman–Crippen LogP) is 3.98. The number of carbonyl (C=O) groups is 1. The molecule has 152 valence electrons. The van der Waals surface area contributed by atoms with Crippen LogP contribution in [0.2, 0.25) is 0 Å². The summed E-state index contributed by atoms with van der Waals surface area (Å²) in [6, 6.07) is 15.2. The molecule has 2 aromatic rings. The second-order valence-electron chi connectivity index (χ2n) is 7.20. The summed E-state index contributed by atoms with van der Waals surface area (Å²) in [5.74, 6) is 0.509. The van der Waals surface area contributed by atoms with Gasteiger partial charge in [-0.05, 0) is 35.6 Å². The van der Waals surface area contributed by atoms with Gasteiger partial charge < -0.3 is 19.9 Å². The predicted molar refractivity (Wildman–Crippen MR) is 111 cm³/mol. The van der Waals surface area contributed by atoms with Crippen LogP contribution in [0.4, 0.5) is 0 Å². The van der Waals surface area contributed by atoms with Crippen LogP contribution in [0.3, 0.4) is 0 Å². The maximum Gasteiger partial charge on any atom is 0.342 e. The Kier molecular flexibility index (Phi) is 8.98. The molecular weight excluding hydrogens is 354 g/mol. The lowest BCUT2D eigenvalue weighted by molar-refractivity contribution is 0.0467. The van der Waals surface area contributed by atoms with E-state index in [1.54, 1.807) is 13.2 Å². The summed E-state index contributed by atoms with van der Waals surface area (Å²) in [4.78, 5) is 12.6. The van der Waals surface area contributed by atoms with Crippen molar-refractivity contribution in [1.82, 2.24) is 0 Å². The molecule has 0 saturated heterocycles. The normalized spacial score (nSPS) is 12.0. The smallest absolute Gasteiger partial charge is 0.342 e. The van der Waals surface area contributed by atoms with Gasteiger partial charge in [-0.1, -0.05) is 50.2 Å². The molecule has 0 aromatic heterocycles. The first kappa shape index (κ1) is 21.9. The van der Waals surface area contributed by atoms with Crippen molar-refractivity contribution in [3.8, 4) is 5.75 Å². The van der Waals surface area contributed by atoms with Gasteiger partial charge in [0, 0.05) is 26.2 Å². The van der Waals surface area contributed by atoms with E-state index in [0.29, 0.717) is 30.4 Å². The molecule has 0 aliphatic carbocycles. The van der Waals surface area contributed by atoms with Crippen molar-refractivity contribution in [2.45, 2.75) is 39.3 Å². The van der Waals surface area contributed by atoms with Gasteiger partial charge in [-0.25, -0.2) is 4.79 Å². The van der Waals surface area contributed by atoms with Crippen LogP contribution in [0.5, 0.6) is 5.75 Å². The van der Waals surface area contributed by atoms with Crippen LogP contribution in [-0.4, -0.2) is 32.3 Å². The number of esters is 1. The highest BCUT2D eigenvalue weighted by atomic mass is 16.5. The van der Waals surface area contributed by atoms with Crippen LogP contribution in [0.25, 0.3) is 0 Å². The van der Waals surface area contributed by atoms with Crippen molar-refractivity contribution in [3.63, 3.8) is 0 Å². The summed E-state index contributed by atoms with van der Waals surface area (Å²) in [7, 11) is 1.65. The Bertz CT molecular complexity index is 731. The lowest BCUT2D eigenvalue weighted by Crippen LogP contribution is -2.28. The fourth-order valence-electron chi connectivity index (χ4n) is 2.68. The molecule has 0 aliphatic heterocycles. The molecule has 1 unspecified atom stereocenters. The zero-order valence-corrected chi connectivity index (χ0v) is 17.0. The highest BCUT2D eigenvalue weighted by Gasteiger charge is 2.17. The average Bonchev–Trinajstić information content (AvgIpc) is 2.70. The highest BCUT2D eigenvalue weighted by Crippen LogP contribution is 2.24. The molecule has 0 amide bonds. The monoisotopic (exact) mass is 385 g/mol. The molecule has 1 atom stereocenters. The summed E-state index contributed by atoms with van der Waals surface area (Å²) in [5, 5.41) is 0. The lowest BCUT2D eigenvalue weighted by atomic mass is 9.96. The third-order valence-corrected chi connectivity index (χ3v) is 4.56. The summed E-state index contributed by atoms with van der Waals surface area (Å²) in [5.41, 5.74) is 8.61. The summed E-state index contributed by atoms with van der Waals surface area (Å²) in [6.45, 7) is 5.49. The molecule has 28 heavy (non-hydrogen) atoms. The molecule has 2 aromatic carbocycles. The Labute approximate surface area is 167 Å². The molecule has 0 radical (unpaired) electrons. The van der Waals surface area contributed by atoms with Gasteiger partial charge in [0.15, 0.2) is 0 Å². The summed E-state index contributed by atoms with van der Waals surface area (Å²) in [6.07, 6.45) is 1.47. The van der Waals surface area contributed by atoms with E-state index in [-0.39, 0.29) is 12.6 Å². The van der Waals surface area contributed by atoms with E-state index in [4.69, 9.17) is 19.9 Å². The van der Waals surface area contributed by atoms with Crippen molar-refractivity contribution in [2.24, 2.45) is 11.7 Å². The molecular formula is C23H31NO4. The molecule has 2 N–H and O–H groups in total. The number of methoxy groups -OCH3 is 1. The minimum Gasteiger partial charge on any atom is -0.493 e. The number of hydrogen-bond acceptors (Lipinski definition) is 5. The molecule has 0 spiro atoms. The minimum absolute atomic E-state index is 0.0530. The average molecular weight is 386 g/mol. The molecule has 0 aliphatic rings. The van der Waals surface area contributed by atoms with Gasteiger partial charge in [0.1, 0.15) is 17.9 Å².